The number of carbonyl (C=O) groups excluding carboxylic acids is 2. The SMILES string of the molecule is C=CC(C)(/C=C\c1ccc(OCC(=O)NC(CCCNC(=N)N)C(N)=O)cc1)CCC=C(C)C. The molecule has 1 rings (SSSR count). The minimum atomic E-state index is -0.812. The third-order valence-corrected chi connectivity index (χ3v) is 5.27. The number of hydrogen-bond acceptors (Lipinski definition) is 4. The summed E-state index contributed by atoms with van der Waals surface area (Å²) in [6.07, 6.45) is 11.2. The molecule has 34 heavy (non-hydrogen) atoms. The lowest BCUT2D eigenvalue weighted by molar-refractivity contribution is -0.128. The zero-order valence-corrected chi connectivity index (χ0v) is 20.5. The van der Waals surface area contributed by atoms with Gasteiger partial charge >= 0.3 is 0 Å². The van der Waals surface area contributed by atoms with Gasteiger partial charge in [0.1, 0.15) is 11.8 Å². The molecule has 0 aromatic heterocycles. The van der Waals surface area contributed by atoms with E-state index in [0.29, 0.717) is 25.1 Å². The minimum absolute atomic E-state index is 0.0989. The molecule has 0 aliphatic carbocycles. The van der Waals surface area contributed by atoms with E-state index in [2.05, 4.69) is 56.2 Å². The summed E-state index contributed by atoms with van der Waals surface area (Å²) in [5, 5.41) is 12.3. The molecule has 0 bridgehead atoms. The second kappa shape index (κ2) is 14.6. The minimum Gasteiger partial charge on any atom is -0.484 e. The van der Waals surface area contributed by atoms with Crippen LogP contribution < -0.4 is 26.8 Å². The Morgan fingerprint density at radius 3 is 2.47 bits per heavy atom. The first-order valence-corrected chi connectivity index (χ1v) is 11.4. The van der Waals surface area contributed by atoms with Crippen LogP contribution in [0.25, 0.3) is 6.08 Å². The molecule has 0 radical (unpaired) electrons. The van der Waals surface area contributed by atoms with Crippen molar-refractivity contribution in [2.45, 2.75) is 52.5 Å². The molecule has 0 saturated carbocycles. The summed E-state index contributed by atoms with van der Waals surface area (Å²) in [4.78, 5) is 23.8. The van der Waals surface area contributed by atoms with Gasteiger partial charge in [0.15, 0.2) is 12.6 Å². The Morgan fingerprint density at radius 1 is 1.24 bits per heavy atom. The number of primary amides is 1. The lowest BCUT2D eigenvalue weighted by Crippen LogP contribution is -2.46. The third kappa shape index (κ3) is 11.9. The van der Waals surface area contributed by atoms with Crippen LogP contribution in [0, 0.1) is 10.8 Å². The molecule has 0 aliphatic heterocycles. The summed E-state index contributed by atoms with van der Waals surface area (Å²) in [5.74, 6) is -0.669. The van der Waals surface area contributed by atoms with E-state index < -0.39 is 17.9 Å². The number of nitrogens with one attached hydrogen (secondary N) is 3. The van der Waals surface area contributed by atoms with Crippen molar-refractivity contribution in [3.8, 4) is 5.75 Å². The van der Waals surface area contributed by atoms with Gasteiger partial charge in [0.2, 0.25) is 5.91 Å². The monoisotopic (exact) mass is 469 g/mol. The van der Waals surface area contributed by atoms with E-state index in [1.807, 2.05) is 18.2 Å². The largest absolute Gasteiger partial charge is 0.484 e. The van der Waals surface area contributed by atoms with Gasteiger partial charge in [-0.1, -0.05) is 48.9 Å². The predicted molar refractivity (Wildman–Crippen MR) is 138 cm³/mol. The highest BCUT2D eigenvalue weighted by atomic mass is 16.5. The van der Waals surface area contributed by atoms with Gasteiger partial charge < -0.3 is 26.8 Å². The number of rotatable bonds is 15. The first kappa shape index (κ1) is 28.5. The first-order chi connectivity index (χ1) is 16.0. The Balaban J connectivity index is 2.56. The smallest absolute Gasteiger partial charge is 0.258 e. The fourth-order valence-corrected chi connectivity index (χ4v) is 3.09. The third-order valence-electron chi connectivity index (χ3n) is 5.27. The zero-order valence-electron chi connectivity index (χ0n) is 20.5. The van der Waals surface area contributed by atoms with Crippen molar-refractivity contribution < 1.29 is 14.3 Å². The fraction of sp³-hybridized carbons (Fsp3) is 0.423. The molecule has 0 spiro atoms. The van der Waals surface area contributed by atoms with E-state index in [-0.39, 0.29) is 18.0 Å². The highest BCUT2D eigenvalue weighted by Crippen LogP contribution is 2.28. The van der Waals surface area contributed by atoms with Crippen molar-refractivity contribution in [3.05, 3.63) is 60.2 Å². The predicted octanol–water partition coefficient (Wildman–Crippen LogP) is 3.25. The fourth-order valence-electron chi connectivity index (χ4n) is 3.09. The molecule has 0 saturated heterocycles. The summed E-state index contributed by atoms with van der Waals surface area (Å²) in [6.45, 7) is 10.5. The van der Waals surface area contributed by atoms with E-state index in [1.165, 1.54) is 5.57 Å². The maximum absolute atomic E-state index is 12.2. The van der Waals surface area contributed by atoms with Gasteiger partial charge in [0, 0.05) is 12.0 Å². The molecular weight excluding hydrogens is 430 g/mol. The number of carbonyl (C=O) groups is 2. The molecular formula is C26H39N5O3. The molecule has 2 unspecified atom stereocenters. The van der Waals surface area contributed by atoms with Crippen molar-refractivity contribution in [1.82, 2.24) is 10.6 Å². The molecule has 186 valence electrons. The number of benzene rings is 1. The Labute approximate surface area is 203 Å². The van der Waals surface area contributed by atoms with Gasteiger partial charge in [0.05, 0.1) is 0 Å². The van der Waals surface area contributed by atoms with Crippen molar-refractivity contribution in [2.75, 3.05) is 13.2 Å². The Morgan fingerprint density at radius 2 is 1.91 bits per heavy atom. The maximum Gasteiger partial charge on any atom is 0.258 e. The highest BCUT2D eigenvalue weighted by Gasteiger charge is 2.18. The molecule has 0 aliphatic rings. The van der Waals surface area contributed by atoms with Gasteiger partial charge in [0.25, 0.3) is 5.91 Å². The van der Waals surface area contributed by atoms with Crippen molar-refractivity contribution in [1.29, 1.82) is 5.41 Å². The second-order valence-corrected chi connectivity index (χ2v) is 8.73. The molecule has 7 N–H and O–H groups in total. The Kier molecular flexibility index (Phi) is 12.2. The number of hydrogen-bond donors (Lipinski definition) is 5. The van der Waals surface area contributed by atoms with Crippen molar-refractivity contribution in [3.63, 3.8) is 0 Å². The summed E-state index contributed by atoms with van der Waals surface area (Å²) in [7, 11) is 0. The summed E-state index contributed by atoms with van der Waals surface area (Å²) in [6, 6.07) is 6.60. The molecule has 0 heterocycles. The van der Waals surface area contributed by atoms with Crippen molar-refractivity contribution in [2.24, 2.45) is 16.9 Å². The molecule has 1 aromatic carbocycles. The van der Waals surface area contributed by atoms with E-state index in [0.717, 1.165) is 18.4 Å². The molecule has 8 nitrogen and oxygen atoms in total. The van der Waals surface area contributed by atoms with Crippen LogP contribution >= 0.6 is 0 Å². The highest BCUT2D eigenvalue weighted by molar-refractivity contribution is 5.87. The summed E-state index contributed by atoms with van der Waals surface area (Å²) < 4.78 is 5.53. The van der Waals surface area contributed by atoms with Gasteiger partial charge in [-0.15, -0.1) is 6.58 Å². The average Bonchev–Trinajstić information content (AvgIpc) is 2.78. The molecule has 8 heteroatoms. The number of nitrogens with two attached hydrogens (primary N) is 2. The molecule has 2 atom stereocenters. The quantitative estimate of drug-likeness (QED) is 0.116. The van der Waals surface area contributed by atoms with Crippen LogP contribution in [0.15, 0.2) is 54.6 Å². The average molecular weight is 470 g/mol. The lowest BCUT2D eigenvalue weighted by atomic mass is 9.84. The van der Waals surface area contributed by atoms with Crippen LogP contribution in [-0.2, 0) is 9.59 Å². The lowest BCUT2D eigenvalue weighted by Gasteiger charge is -2.20. The Hall–Kier alpha value is -3.55. The number of ether oxygens (including phenoxy) is 1. The maximum atomic E-state index is 12.2. The van der Waals surface area contributed by atoms with Crippen LogP contribution in [-0.4, -0.2) is 37.0 Å². The summed E-state index contributed by atoms with van der Waals surface area (Å²) in [5.41, 5.74) is 12.8. The van der Waals surface area contributed by atoms with Gasteiger partial charge in [-0.2, -0.15) is 0 Å². The zero-order chi connectivity index (χ0) is 25.6. The van der Waals surface area contributed by atoms with E-state index in [9.17, 15) is 9.59 Å². The molecule has 1 aromatic rings. The van der Waals surface area contributed by atoms with Crippen LogP contribution in [0.2, 0.25) is 0 Å². The van der Waals surface area contributed by atoms with E-state index >= 15 is 0 Å². The van der Waals surface area contributed by atoms with E-state index in [1.54, 1.807) is 12.1 Å². The van der Waals surface area contributed by atoms with Crippen LogP contribution in [0.1, 0.15) is 52.0 Å². The van der Waals surface area contributed by atoms with Gasteiger partial charge in [-0.25, -0.2) is 0 Å². The van der Waals surface area contributed by atoms with Gasteiger partial charge in [-0.05, 0) is 57.2 Å². The first-order valence-electron chi connectivity index (χ1n) is 11.4. The number of guanidine groups is 1. The number of amides is 2. The Bertz CT molecular complexity index is 888. The molecule has 2 amide bonds. The standard InChI is InChI=1S/C26H39N5O3/c1-5-26(4,15-6-8-19(2)3)16-14-20-10-12-21(13-11-20)34-18-23(32)31-22(24(27)33)9-7-17-30-25(28)29/h5,8,10-14,16,22H,1,6-7,9,15,17-18H2,2-4H3,(H2,27,33)(H,31,32)(H4,28,29,30)/b16-14-. The number of allylic oxidation sites excluding steroid dienone is 4. The molecule has 0 fully saturated rings. The van der Waals surface area contributed by atoms with Crippen LogP contribution in [0.4, 0.5) is 0 Å². The van der Waals surface area contributed by atoms with Gasteiger partial charge in [-0.3, -0.25) is 15.0 Å². The topological polar surface area (TPSA) is 143 Å². The summed E-state index contributed by atoms with van der Waals surface area (Å²) >= 11 is 0. The van der Waals surface area contributed by atoms with Crippen LogP contribution in [0.5, 0.6) is 5.75 Å². The second-order valence-electron chi connectivity index (χ2n) is 8.73. The van der Waals surface area contributed by atoms with Crippen LogP contribution in [0.3, 0.4) is 0 Å². The van der Waals surface area contributed by atoms with Crippen molar-refractivity contribution >= 4 is 23.8 Å². The van der Waals surface area contributed by atoms with E-state index in [4.69, 9.17) is 21.6 Å². The normalized spacial score (nSPS) is 13.4.